The molecule has 0 spiro atoms. The second-order valence-corrected chi connectivity index (χ2v) is 2.51. The standard InChI is InChI=1S/C9H13NO/c1-2-5-10-7-9-4-3-6-11-8-9/h1,4,10H,3,5-8H2. The molecule has 0 saturated carbocycles. The first-order valence-electron chi connectivity index (χ1n) is 3.83. The maximum absolute atomic E-state index is 5.25. The molecule has 0 unspecified atom stereocenters. The van der Waals surface area contributed by atoms with E-state index >= 15 is 0 Å². The van der Waals surface area contributed by atoms with Crippen LogP contribution in [-0.2, 0) is 4.74 Å². The minimum atomic E-state index is 0.636. The molecule has 0 amide bonds. The SMILES string of the molecule is C#CCNCC1=CCCOC1. The van der Waals surface area contributed by atoms with Gasteiger partial charge in [-0.15, -0.1) is 6.42 Å². The smallest absolute Gasteiger partial charge is 0.0689 e. The Hall–Kier alpha value is -0.780. The van der Waals surface area contributed by atoms with E-state index in [2.05, 4.69) is 17.3 Å². The van der Waals surface area contributed by atoms with Crippen molar-refractivity contribution < 1.29 is 4.74 Å². The predicted octanol–water partition coefficient (Wildman–Crippen LogP) is 0.556. The van der Waals surface area contributed by atoms with Crippen LogP contribution in [0.1, 0.15) is 6.42 Å². The molecule has 0 bridgehead atoms. The van der Waals surface area contributed by atoms with E-state index < -0.39 is 0 Å². The van der Waals surface area contributed by atoms with Crippen molar-refractivity contribution in [3.8, 4) is 12.3 Å². The molecule has 0 atom stereocenters. The Labute approximate surface area is 67.6 Å². The highest BCUT2D eigenvalue weighted by Crippen LogP contribution is 2.03. The van der Waals surface area contributed by atoms with Crippen molar-refractivity contribution in [1.82, 2.24) is 5.32 Å². The lowest BCUT2D eigenvalue weighted by molar-refractivity contribution is 0.149. The summed E-state index contributed by atoms with van der Waals surface area (Å²) >= 11 is 0. The predicted molar refractivity (Wildman–Crippen MR) is 45.2 cm³/mol. The molecule has 11 heavy (non-hydrogen) atoms. The molecule has 0 aromatic rings. The van der Waals surface area contributed by atoms with Gasteiger partial charge in [-0.25, -0.2) is 0 Å². The molecule has 0 aliphatic carbocycles. The Bertz CT molecular complexity index is 178. The van der Waals surface area contributed by atoms with Crippen molar-refractivity contribution in [3.05, 3.63) is 11.6 Å². The van der Waals surface area contributed by atoms with E-state index in [9.17, 15) is 0 Å². The number of terminal acetylenes is 1. The van der Waals surface area contributed by atoms with Gasteiger partial charge >= 0.3 is 0 Å². The Morgan fingerprint density at radius 1 is 1.73 bits per heavy atom. The molecule has 1 aliphatic heterocycles. The van der Waals surface area contributed by atoms with Crippen LogP contribution in [0.5, 0.6) is 0 Å². The molecule has 1 heterocycles. The second-order valence-electron chi connectivity index (χ2n) is 2.51. The molecule has 1 rings (SSSR count). The third-order valence-corrected chi connectivity index (χ3v) is 1.56. The lowest BCUT2D eigenvalue weighted by Gasteiger charge is -2.13. The van der Waals surface area contributed by atoms with E-state index in [1.165, 1.54) is 5.57 Å². The third-order valence-electron chi connectivity index (χ3n) is 1.56. The number of ether oxygens (including phenoxy) is 1. The summed E-state index contributed by atoms with van der Waals surface area (Å²) in [7, 11) is 0. The van der Waals surface area contributed by atoms with E-state index in [-0.39, 0.29) is 0 Å². The van der Waals surface area contributed by atoms with Crippen LogP contribution in [0.2, 0.25) is 0 Å². The zero-order valence-corrected chi connectivity index (χ0v) is 6.60. The molecule has 2 nitrogen and oxygen atoms in total. The van der Waals surface area contributed by atoms with Gasteiger partial charge in [0.05, 0.1) is 19.8 Å². The van der Waals surface area contributed by atoms with Crippen molar-refractivity contribution in [2.45, 2.75) is 6.42 Å². The summed E-state index contributed by atoms with van der Waals surface area (Å²) in [5.41, 5.74) is 1.31. The number of rotatable bonds is 3. The minimum Gasteiger partial charge on any atom is -0.377 e. The highest BCUT2D eigenvalue weighted by Gasteiger charge is 2.01. The first-order chi connectivity index (χ1) is 5.43. The van der Waals surface area contributed by atoms with E-state index in [1.54, 1.807) is 0 Å². The normalized spacial score (nSPS) is 17.2. The van der Waals surface area contributed by atoms with Crippen LogP contribution in [0.25, 0.3) is 0 Å². The quantitative estimate of drug-likeness (QED) is 0.361. The largest absolute Gasteiger partial charge is 0.377 e. The van der Waals surface area contributed by atoms with Crippen LogP contribution in [0.4, 0.5) is 0 Å². The summed E-state index contributed by atoms with van der Waals surface area (Å²) in [4.78, 5) is 0. The van der Waals surface area contributed by atoms with Crippen molar-refractivity contribution >= 4 is 0 Å². The Morgan fingerprint density at radius 2 is 2.64 bits per heavy atom. The maximum Gasteiger partial charge on any atom is 0.0689 e. The van der Waals surface area contributed by atoms with Gasteiger partial charge in [-0.2, -0.15) is 0 Å². The average Bonchev–Trinajstić information content (AvgIpc) is 2.07. The van der Waals surface area contributed by atoms with Gasteiger partial charge in [0.25, 0.3) is 0 Å². The molecule has 0 aromatic heterocycles. The molecule has 2 heteroatoms. The minimum absolute atomic E-state index is 0.636. The van der Waals surface area contributed by atoms with Gasteiger partial charge in [0.2, 0.25) is 0 Å². The molecular formula is C9H13NO. The monoisotopic (exact) mass is 151 g/mol. The summed E-state index contributed by atoms with van der Waals surface area (Å²) in [5, 5.41) is 3.12. The van der Waals surface area contributed by atoms with Gasteiger partial charge in [-0.3, -0.25) is 0 Å². The molecule has 60 valence electrons. The highest BCUT2D eigenvalue weighted by atomic mass is 16.5. The topological polar surface area (TPSA) is 21.3 Å². The van der Waals surface area contributed by atoms with Crippen LogP contribution in [0.15, 0.2) is 11.6 Å². The Balaban J connectivity index is 2.15. The summed E-state index contributed by atoms with van der Waals surface area (Å²) in [6.07, 6.45) is 8.33. The zero-order chi connectivity index (χ0) is 7.94. The second kappa shape index (κ2) is 4.95. The van der Waals surface area contributed by atoms with Crippen molar-refractivity contribution in [2.75, 3.05) is 26.3 Å². The van der Waals surface area contributed by atoms with Crippen LogP contribution in [0.3, 0.4) is 0 Å². The molecule has 0 fully saturated rings. The number of hydrogen-bond acceptors (Lipinski definition) is 2. The van der Waals surface area contributed by atoms with Crippen LogP contribution in [-0.4, -0.2) is 26.3 Å². The molecule has 1 aliphatic rings. The van der Waals surface area contributed by atoms with Crippen molar-refractivity contribution in [3.63, 3.8) is 0 Å². The van der Waals surface area contributed by atoms with Gasteiger partial charge in [-0.05, 0) is 12.0 Å². The van der Waals surface area contributed by atoms with Crippen LogP contribution in [0, 0.1) is 12.3 Å². The number of hydrogen-bond donors (Lipinski definition) is 1. The van der Waals surface area contributed by atoms with Gasteiger partial charge in [-0.1, -0.05) is 12.0 Å². The van der Waals surface area contributed by atoms with E-state index in [0.29, 0.717) is 6.54 Å². The van der Waals surface area contributed by atoms with Crippen molar-refractivity contribution in [2.24, 2.45) is 0 Å². The average molecular weight is 151 g/mol. The summed E-state index contributed by atoms with van der Waals surface area (Å²) < 4.78 is 5.25. The van der Waals surface area contributed by atoms with Gasteiger partial charge in [0, 0.05) is 6.54 Å². The van der Waals surface area contributed by atoms with Gasteiger partial charge in [0.15, 0.2) is 0 Å². The van der Waals surface area contributed by atoms with E-state index in [4.69, 9.17) is 11.2 Å². The lowest BCUT2D eigenvalue weighted by atomic mass is 10.2. The lowest BCUT2D eigenvalue weighted by Crippen LogP contribution is -2.21. The molecule has 0 saturated heterocycles. The first kappa shape index (κ1) is 8.32. The summed E-state index contributed by atoms with van der Waals surface area (Å²) in [6, 6.07) is 0. The summed E-state index contributed by atoms with van der Waals surface area (Å²) in [6.45, 7) is 3.12. The van der Waals surface area contributed by atoms with E-state index in [1.807, 2.05) is 0 Å². The van der Waals surface area contributed by atoms with Crippen LogP contribution < -0.4 is 5.32 Å². The zero-order valence-electron chi connectivity index (χ0n) is 6.60. The fourth-order valence-corrected chi connectivity index (χ4v) is 1.03. The number of nitrogens with one attached hydrogen (secondary N) is 1. The molecule has 0 aromatic carbocycles. The van der Waals surface area contributed by atoms with Crippen molar-refractivity contribution in [1.29, 1.82) is 0 Å². The third kappa shape index (κ3) is 3.22. The fourth-order valence-electron chi connectivity index (χ4n) is 1.03. The summed E-state index contributed by atoms with van der Waals surface area (Å²) in [5.74, 6) is 2.53. The van der Waals surface area contributed by atoms with Crippen LogP contribution >= 0.6 is 0 Å². The Kier molecular flexibility index (Phi) is 3.74. The highest BCUT2D eigenvalue weighted by molar-refractivity contribution is 5.07. The van der Waals surface area contributed by atoms with E-state index in [0.717, 1.165) is 26.2 Å². The Morgan fingerprint density at radius 3 is 3.27 bits per heavy atom. The fraction of sp³-hybridized carbons (Fsp3) is 0.556. The first-order valence-corrected chi connectivity index (χ1v) is 3.83. The molecule has 0 radical (unpaired) electrons. The molecule has 1 N–H and O–H groups in total. The maximum atomic E-state index is 5.25. The molecular weight excluding hydrogens is 138 g/mol. The van der Waals surface area contributed by atoms with Gasteiger partial charge < -0.3 is 10.1 Å². The van der Waals surface area contributed by atoms with Gasteiger partial charge in [0.1, 0.15) is 0 Å².